The molecule has 2 aliphatic carbocycles. The van der Waals surface area contributed by atoms with Gasteiger partial charge in [0.05, 0.1) is 6.54 Å². The summed E-state index contributed by atoms with van der Waals surface area (Å²) in [6, 6.07) is 15.5. The van der Waals surface area contributed by atoms with E-state index in [1.807, 2.05) is 18.2 Å². The highest BCUT2D eigenvalue weighted by molar-refractivity contribution is 6.08. The average molecular weight is 403 g/mol. The van der Waals surface area contributed by atoms with Crippen LogP contribution in [0.1, 0.15) is 53.9 Å². The maximum absolute atomic E-state index is 13.0. The Kier molecular flexibility index (Phi) is 4.57. The predicted molar refractivity (Wildman–Crippen MR) is 113 cm³/mol. The molecule has 0 unspecified atom stereocenters. The van der Waals surface area contributed by atoms with E-state index < -0.39 is 11.6 Å². The van der Waals surface area contributed by atoms with Crippen molar-refractivity contribution in [2.45, 2.75) is 43.6 Å². The highest BCUT2D eigenvalue weighted by atomic mass is 16.2. The zero-order valence-corrected chi connectivity index (χ0v) is 16.7. The summed E-state index contributed by atoms with van der Waals surface area (Å²) in [6.45, 7) is 0.0863. The fourth-order valence-electron chi connectivity index (χ4n) is 4.56. The van der Waals surface area contributed by atoms with Gasteiger partial charge in [0.25, 0.3) is 11.8 Å². The van der Waals surface area contributed by atoms with E-state index in [4.69, 9.17) is 0 Å². The zero-order valence-electron chi connectivity index (χ0n) is 16.7. The van der Waals surface area contributed by atoms with Crippen molar-refractivity contribution in [2.24, 2.45) is 5.92 Å². The second kappa shape index (κ2) is 7.27. The quantitative estimate of drug-likeness (QED) is 0.647. The minimum atomic E-state index is -1.04. The van der Waals surface area contributed by atoms with E-state index in [-0.39, 0.29) is 24.3 Å². The van der Waals surface area contributed by atoms with E-state index in [0.717, 1.165) is 24.0 Å². The summed E-state index contributed by atoms with van der Waals surface area (Å²) in [5, 5.41) is 7.96. The fraction of sp³-hybridized carbons (Fsp3) is 0.375. The largest absolute Gasteiger partial charge is 0.349 e. The molecule has 2 saturated carbocycles. The molecule has 2 aromatic rings. The van der Waals surface area contributed by atoms with Gasteiger partial charge in [-0.3, -0.25) is 14.9 Å². The molecule has 30 heavy (non-hydrogen) atoms. The van der Waals surface area contributed by atoms with Crippen LogP contribution in [0.4, 0.5) is 4.79 Å². The summed E-state index contributed by atoms with van der Waals surface area (Å²) in [5.74, 6) is 0.139. The molecule has 5 rings (SSSR count). The highest BCUT2D eigenvalue weighted by Crippen LogP contribution is 2.41. The first-order valence-electron chi connectivity index (χ1n) is 10.7. The van der Waals surface area contributed by atoms with Gasteiger partial charge >= 0.3 is 6.03 Å². The van der Waals surface area contributed by atoms with E-state index in [1.54, 1.807) is 6.07 Å². The van der Waals surface area contributed by atoms with Crippen LogP contribution in [0.15, 0.2) is 48.5 Å². The Labute approximate surface area is 175 Å². The number of nitrogens with one attached hydrogen (secondary N) is 3. The molecule has 0 radical (unpaired) electrons. The normalized spacial score (nSPS) is 23.5. The molecule has 0 aromatic heterocycles. The van der Waals surface area contributed by atoms with Crippen LogP contribution in [-0.2, 0) is 4.79 Å². The summed E-state index contributed by atoms with van der Waals surface area (Å²) in [5.41, 5.74) is 2.74. The summed E-state index contributed by atoms with van der Waals surface area (Å²) < 4.78 is 0. The third-order valence-electron chi connectivity index (χ3n) is 6.74. The van der Waals surface area contributed by atoms with E-state index in [2.05, 4.69) is 40.2 Å². The lowest BCUT2D eigenvalue weighted by molar-refractivity contribution is -0.124. The second-order valence-electron chi connectivity index (χ2n) is 8.63. The number of amides is 4. The van der Waals surface area contributed by atoms with E-state index in [0.29, 0.717) is 11.5 Å². The molecule has 3 fully saturated rings. The van der Waals surface area contributed by atoms with Crippen molar-refractivity contribution in [1.29, 1.82) is 0 Å². The van der Waals surface area contributed by atoms with Crippen molar-refractivity contribution >= 4 is 17.8 Å². The number of rotatable bonds is 6. The van der Waals surface area contributed by atoms with Crippen molar-refractivity contribution in [3.63, 3.8) is 0 Å². The maximum atomic E-state index is 13.0. The number of imide groups is 1. The van der Waals surface area contributed by atoms with Gasteiger partial charge in [-0.1, -0.05) is 48.9 Å². The van der Waals surface area contributed by atoms with Gasteiger partial charge in [0.2, 0.25) is 0 Å². The Morgan fingerprint density at radius 2 is 1.73 bits per heavy atom. The smallest absolute Gasteiger partial charge is 0.322 e. The van der Waals surface area contributed by atoms with Crippen molar-refractivity contribution in [3.05, 3.63) is 59.7 Å². The van der Waals surface area contributed by atoms with Gasteiger partial charge in [-0.2, -0.15) is 0 Å². The Morgan fingerprint density at radius 1 is 1.00 bits per heavy atom. The lowest BCUT2D eigenvalue weighted by Crippen LogP contribution is -2.57. The molecular weight excluding hydrogens is 378 g/mol. The van der Waals surface area contributed by atoms with Crippen LogP contribution in [0.25, 0.3) is 11.1 Å². The Hall–Kier alpha value is -3.15. The molecule has 3 N–H and O–H groups in total. The van der Waals surface area contributed by atoms with Crippen LogP contribution in [0.5, 0.6) is 0 Å². The SMILES string of the molecule is O=C1NC(=O)[C@](CNC(=O)c2ccccc2-c2ccc(C3CCC3)cc2)(C2CC2)N1. The molecule has 154 valence electrons. The number of benzene rings is 2. The van der Waals surface area contributed by atoms with Crippen LogP contribution in [0.3, 0.4) is 0 Å². The van der Waals surface area contributed by atoms with Crippen molar-refractivity contribution in [1.82, 2.24) is 16.0 Å². The van der Waals surface area contributed by atoms with E-state index >= 15 is 0 Å². The Bertz CT molecular complexity index is 1010. The summed E-state index contributed by atoms with van der Waals surface area (Å²) in [6.07, 6.45) is 5.55. The van der Waals surface area contributed by atoms with E-state index in [9.17, 15) is 14.4 Å². The van der Waals surface area contributed by atoms with Gasteiger partial charge in [-0.25, -0.2) is 4.79 Å². The third-order valence-corrected chi connectivity index (χ3v) is 6.74. The molecule has 4 amide bonds. The van der Waals surface area contributed by atoms with Crippen molar-refractivity contribution in [3.8, 4) is 11.1 Å². The minimum Gasteiger partial charge on any atom is -0.349 e. The molecule has 2 aromatic carbocycles. The Morgan fingerprint density at radius 3 is 2.33 bits per heavy atom. The number of hydrogen-bond acceptors (Lipinski definition) is 3. The first-order chi connectivity index (χ1) is 14.6. The standard InChI is InChI=1S/C24H25N3O3/c28-21(25-14-24(18-12-13-18)22(29)26-23(30)27-24)20-7-2-1-6-19(20)17-10-8-16(9-11-17)15-4-3-5-15/h1-2,6-11,15,18H,3-5,12-14H2,(H,25,28)(H2,26,27,29,30)/t24-/m0/s1. The van der Waals surface area contributed by atoms with Gasteiger partial charge in [0.1, 0.15) is 5.54 Å². The summed E-state index contributed by atoms with van der Waals surface area (Å²) in [4.78, 5) is 37.1. The molecule has 1 heterocycles. The maximum Gasteiger partial charge on any atom is 0.322 e. The molecule has 0 bridgehead atoms. The van der Waals surface area contributed by atoms with Crippen LogP contribution < -0.4 is 16.0 Å². The lowest BCUT2D eigenvalue weighted by atomic mass is 9.80. The number of carbonyl (C=O) groups is 3. The first-order valence-corrected chi connectivity index (χ1v) is 10.7. The summed E-state index contributed by atoms with van der Waals surface area (Å²) in [7, 11) is 0. The molecule has 6 nitrogen and oxygen atoms in total. The van der Waals surface area contributed by atoms with Crippen molar-refractivity contribution in [2.75, 3.05) is 6.54 Å². The number of carbonyl (C=O) groups excluding carboxylic acids is 3. The summed E-state index contributed by atoms with van der Waals surface area (Å²) >= 11 is 0. The fourth-order valence-corrected chi connectivity index (χ4v) is 4.56. The second-order valence-corrected chi connectivity index (χ2v) is 8.63. The van der Waals surface area contributed by atoms with Crippen LogP contribution in [-0.4, -0.2) is 29.9 Å². The molecule has 1 aliphatic heterocycles. The van der Waals surface area contributed by atoms with Gasteiger partial charge in [-0.15, -0.1) is 0 Å². The van der Waals surface area contributed by atoms with Crippen LogP contribution in [0, 0.1) is 5.92 Å². The molecule has 0 spiro atoms. The number of urea groups is 1. The topological polar surface area (TPSA) is 87.3 Å². The molecular formula is C24H25N3O3. The number of hydrogen-bond donors (Lipinski definition) is 3. The average Bonchev–Trinajstić information content (AvgIpc) is 3.52. The van der Waals surface area contributed by atoms with E-state index in [1.165, 1.54) is 24.8 Å². The lowest BCUT2D eigenvalue weighted by Gasteiger charge is -2.26. The zero-order chi connectivity index (χ0) is 20.7. The highest BCUT2D eigenvalue weighted by Gasteiger charge is 2.56. The molecule has 1 atom stereocenters. The Balaban J connectivity index is 1.35. The third kappa shape index (κ3) is 3.26. The van der Waals surface area contributed by atoms with Crippen LogP contribution in [0.2, 0.25) is 0 Å². The van der Waals surface area contributed by atoms with Crippen molar-refractivity contribution < 1.29 is 14.4 Å². The first kappa shape index (κ1) is 18.9. The molecule has 1 saturated heterocycles. The minimum absolute atomic E-state index is 0.0681. The monoisotopic (exact) mass is 403 g/mol. The predicted octanol–water partition coefficient (Wildman–Crippen LogP) is 3.34. The van der Waals surface area contributed by atoms with Gasteiger partial charge in [-0.05, 0) is 60.3 Å². The van der Waals surface area contributed by atoms with Gasteiger partial charge in [0, 0.05) is 5.56 Å². The van der Waals surface area contributed by atoms with Gasteiger partial charge in [0.15, 0.2) is 0 Å². The molecule has 3 aliphatic rings. The molecule has 6 heteroatoms. The van der Waals surface area contributed by atoms with Gasteiger partial charge < -0.3 is 10.6 Å². The van der Waals surface area contributed by atoms with Crippen LogP contribution >= 0.6 is 0 Å².